The van der Waals surface area contributed by atoms with Crippen molar-refractivity contribution in [2.45, 2.75) is 13.5 Å². The molecule has 3 rings (SSSR count). The van der Waals surface area contributed by atoms with Gasteiger partial charge in [-0.05, 0) is 60.5 Å². The molecule has 0 fully saturated rings. The summed E-state index contributed by atoms with van der Waals surface area (Å²) in [6, 6.07) is 23.4. The molecule has 0 atom stereocenters. The molecule has 0 aliphatic carbocycles. The molecule has 1 amide bonds. The van der Waals surface area contributed by atoms with E-state index >= 15 is 0 Å². The van der Waals surface area contributed by atoms with Crippen LogP contribution < -0.4 is 10.1 Å². The van der Waals surface area contributed by atoms with Crippen molar-refractivity contribution in [1.29, 1.82) is 0 Å². The average Bonchev–Trinajstić information content (AvgIpc) is 2.68. The fourth-order valence-corrected chi connectivity index (χ4v) is 2.68. The summed E-state index contributed by atoms with van der Waals surface area (Å²) in [5, 5.41) is 2.84. The summed E-state index contributed by atoms with van der Waals surface area (Å²) >= 11 is 3.42. The highest BCUT2D eigenvalue weighted by molar-refractivity contribution is 9.10. The molecule has 3 aromatic rings. The van der Waals surface area contributed by atoms with Crippen LogP contribution in [0.3, 0.4) is 0 Å². The first-order valence-electron chi connectivity index (χ1n) is 8.61. The van der Waals surface area contributed by atoms with Crippen LogP contribution in [-0.4, -0.2) is 5.91 Å². The van der Waals surface area contributed by atoms with Gasteiger partial charge in [-0.15, -0.1) is 0 Å². The summed E-state index contributed by atoms with van der Waals surface area (Å²) in [4.78, 5) is 12.0. The van der Waals surface area contributed by atoms with E-state index in [0.29, 0.717) is 6.61 Å². The van der Waals surface area contributed by atoms with Crippen LogP contribution in [0, 0.1) is 6.92 Å². The molecule has 27 heavy (non-hydrogen) atoms. The van der Waals surface area contributed by atoms with E-state index in [0.717, 1.165) is 32.6 Å². The van der Waals surface area contributed by atoms with Gasteiger partial charge < -0.3 is 10.1 Å². The van der Waals surface area contributed by atoms with Crippen molar-refractivity contribution >= 4 is 33.6 Å². The van der Waals surface area contributed by atoms with E-state index in [1.807, 2.05) is 79.7 Å². The van der Waals surface area contributed by atoms with Crippen molar-refractivity contribution in [3.63, 3.8) is 0 Å². The first-order chi connectivity index (χ1) is 13.1. The number of ether oxygens (including phenoxy) is 1. The Kier molecular flexibility index (Phi) is 6.44. The Balaban J connectivity index is 1.51. The Morgan fingerprint density at radius 1 is 0.963 bits per heavy atom. The molecule has 0 spiro atoms. The van der Waals surface area contributed by atoms with Gasteiger partial charge in [0.25, 0.3) is 0 Å². The zero-order valence-corrected chi connectivity index (χ0v) is 16.6. The summed E-state index contributed by atoms with van der Waals surface area (Å²) in [7, 11) is 0. The topological polar surface area (TPSA) is 38.3 Å². The summed E-state index contributed by atoms with van der Waals surface area (Å²) in [5.41, 5.74) is 3.98. The number of hydrogen-bond donors (Lipinski definition) is 1. The van der Waals surface area contributed by atoms with Crippen LogP contribution >= 0.6 is 15.9 Å². The monoisotopic (exact) mass is 421 g/mol. The Morgan fingerprint density at radius 2 is 1.63 bits per heavy atom. The van der Waals surface area contributed by atoms with Crippen molar-refractivity contribution in [1.82, 2.24) is 0 Å². The van der Waals surface area contributed by atoms with Gasteiger partial charge in [0.1, 0.15) is 12.4 Å². The minimum Gasteiger partial charge on any atom is -0.489 e. The Bertz CT molecular complexity index is 914. The molecule has 0 radical (unpaired) electrons. The minimum atomic E-state index is -0.158. The quantitative estimate of drug-likeness (QED) is 0.496. The zero-order valence-electron chi connectivity index (χ0n) is 15.0. The maximum absolute atomic E-state index is 12.0. The molecule has 3 nitrogen and oxygen atoms in total. The van der Waals surface area contributed by atoms with Crippen molar-refractivity contribution in [2.75, 3.05) is 5.32 Å². The molecule has 0 aliphatic rings. The molecule has 1 N–H and O–H groups in total. The highest BCUT2D eigenvalue weighted by Gasteiger charge is 1.99. The normalized spacial score (nSPS) is 10.7. The van der Waals surface area contributed by atoms with E-state index in [1.165, 1.54) is 6.08 Å². The van der Waals surface area contributed by atoms with Crippen molar-refractivity contribution in [3.8, 4) is 5.75 Å². The number of carbonyl (C=O) groups is 1. The van der Waals surface area contributed by atoms with E-state index in [4.69, 9.17) is 4.74 Å². The van der Waals surface area contributed by atoms with Gasteiger partial charge in [0.2, 0.25) is 5.91 Å². The molecule has 0 saturated carbocycles. The third-order valence-corrected chi connectivity index (χ3v) is 4.47. The van der Waals surface area contributed by atoms with Crippen LogP contribution in [0.5, 0.6) is 5.75 Å². The van der Waals surface area contributed by atoms with E-state index in [-0.39, 0.29) is 5.91 Å². The van der Waals surface area contributed by atoms with Crippen LogP contribution in [-0.2, 0) is 11.4 Å². The van der Waals surface area contributed by atoms with Crippen LogP contribution in [0.15, 0.2) is 83.3 Å². The van der Waals surface area contributed by atoms with E-state index in [9.17, 15) is 4.79 Å². The molecule has 136 valence electrons. The van der Waals surface area contributed by atoms with Gasteiger partial charge in [-0.3, -0.25) is 4.79 Å². The molecule has 3 aromatic carbocycles. The number of aryl methyl sites for hydroxylation is 1. The number of anilines is 1. The van der Waals surface area contributed by atoms with Gasteiger partial charge in [-0.25, -0.2) is 0 Å². The zero-order chi connectivity index (χ0) is 19.1. The van der Waals surface area contributed by atoms with Crippen LogP contribution in [0.2, 0.25) is 0 Å². The smallest absolute Gasteiger partial charge is 0.248 e. The molecule has 0 aromatic heterocycles. The van der Waals surface area contributed by atoms with Crippen LogP contribution in [0.1, 0.15) is 16.7 Å². The number of rotatable bonds is 6. The number of carbonyl (C=O) groups excluding carboxylic acids is 1. The minimum absolute atomic E-state index is 0.158. The van der Waals surface area contributed by atoms with Crippen LogP contribution in [0.4, 0.5) is 5.69 Å². The molecule has 0 bridgehead atoms. The first kappa shape index (κ1) is 18.9. The van der Waals surface area contributed by atoms with Gasteiger partial charge in [-0.1, -0.05) is 57.9 Å². The summed E-state index contributed by atoms with van der Waals surface area (Å²) in [6.45, 7) is 2.53. The highest BCUT2D eigenvalue weighted by atomic mass is 79.9. The van der Waals surface area contributed by atoms with Crippen LogP contribution in [0.25, 0.3) is 6.08 Å². The van der Waals surface area contributed by atoms with E-state index in [2.05, 4.69) is 21.2 Å². The van der Waals surface area contributed by atoms with E-state index in [1.54, 1.807) is 6.08 Å². The molecule has 0 saturated heterocycles. The Labute approximate surface area is 167 Å². The second-order valence-electron chi connectivity index (χ2n) is 6.17. The fraction of sp³-hybridized carbons (Fsp3) is 0.0870. The lowest BCUT2D eigenvalue weighted by Gasteiger charge is -2.06. The lowest BCUT2D eigenvalue weighted by molar-refractivity contribution is -0.111. The summed E-state index contributed by atoms with van der Waals surface area (Å²) in [5.74, 6) is 0.633. The highest BCUT2D eigenvalue weighted by Crippen LogP contribution is 2.17. The largest absolute Gasteiger partial charge is 0.489 e. The Hall–Kier alpha value is -2.85. The SMILES string of the molecule is Cc1ccc(NC(=O)C=Cc2ccc(OCc3ccc(Br)cc3)cc2)cc1. The van der Waals surface area contributed by atoms with E-state index < -0.39 is 0 Å². The number of hydrogen-bond acceptors (Lipinski definition) is 2. The molecule has 0 heterocycles. The maximum atomic E-state index is 12.0. The molecule has 0 unspecified atom stereocenters. The third kappa shape index (κ3) is 6.12. The van der Waals surface area contributed by atoms with Gasteiger partial charge in [0, 0.05) is 16.2 Å². The molecular weight excluding hydrogens is 402 g/mol. The summed E-state index contributed by atoms with van der Waals surface area (Å²) in [6.07, 6.45) is 3.31. The number of benzene rings is 3. The first-order valence-corrected chi connectivity index (χ1v) is 9.41. The molecule has 0 aliphatic heterocycles. The van der Waals surface area contributed by atoms with Gasteiger partial charge in [0.05, 0.1) is 0 Å². The number of nitrogens with one attached hydrogen (secondary N) is 1. The van der Waals surface area contributed by atoms with Gasteiger partial charge in [-0.2, -0.15) is 0 Å². The third-order valence-electron chi connectivity index (χ3n) is 3.95. The van der Waals surface area contributed by atoms with Crippen molar-refractivity contribution in [3.05, 3.63) is 100 Å². The predicted molar refractivity (Wildman–Crippen MR) is 114 cm³/mol. The number of amides is 1. The standard InChI is InChI=1S/C23H20BrNO2/c1-17-2-11-21(12-3-17)25-23(26)15-8-18-6-13-22(14-7-18)27-16-19-4-9-20(24)10-5-19/h2-15H,16H2,1H3,(H,25,26). The summed E-state index contributed by atoms with van der Waals surface area (Å²) < 4.78 is 6.83. The van der Waals surface area contributed by atoms with Gasteiger partial charge in [0.15, 0.2) is 0 Å². The predicted octanol–water partition coefficient (Wildman–Crippen LogP) is 5.99. The Morgan fingerprint density at radius 3 is 2.30 bits per heavy atom. The molecule has 4 heteroatoms. The maximum Gasteiger partial charge on any atom is 0.248 e. The van der Waals surface area contributed by atoms with Crippen molar-refractivity contribution < 1.29 is 9.53 Å². The fourth-order valence-electron chi connectivity index (χ4n) is 2.42. The average molecular weight is 422 g/mol. The van der Waals surface area contributed by atoms with Gasteiger partial charge >= 0.3 is 0 Å². The van der Waals surface area contributed by atoms with Crippen molar-refractivity contribution in [2.24, 2.45) is 0 Å². The molecular formula is C23H20BrNO2. The second kappa shape index (κ2) is 9.19. The lowest BCUT2D eigenvalue weighted by Crippen LogP contribution is -2.07. The second-order valence-corrected chi connectivity index (χ2v) is 7.09. The number of halogens is 1. The lowest BCUT2D eigenvalue weighted by atomic mass is 10.2.